The summed E-state index contributed by atoms with van der Waals surface area (Å²) in [6, 6.07) is 11.4. The summed E-state index contributed by atoms with van der Waals surface area (Å²) < 4.78 is 21.7. The van der Waals surface area contributed by atoms with E-state index in [1.165, 1.54) is 11.3 Å². The van der Waals surface area contributed by atoms with E-state index in [2.05, 4.69) is 15.5 Å². The molecule has 29 heavy (non-hydrogen) atoms. The Morgan fingerprint density at radius 3 is 2.62 bits per heavy atom. The van der Waals surface area contributed by atoms with Gasteiger partial charge in [0.25, 0.3) is 0 Å². The molecule has 2 heterocycles. The molecule has 1 aliphatic rings. The fourth-order valence-electron chi connectivity index (χ4n) is 2.76. The first-order chi connectivity index (χ1) is 13.8. The highest BCUT2D eigenvalue weighted by Gasteiger charge is 2.13. The van der Waals surface area contributed by atoms with Crippen LogP contribution in [0.4, 0.5) is 5.13 Å². The third kappa shape index (κ3) is 4.80. The van der Waals surface area contributed by atoms with Crippen LogP contribution in [-0.2, 0) is 0 Å². The van der Waals surface area contributed by atoms with E-state index in [9.17, 15) is 0 Å². The lowest BCUT2D eigenvalue weighted by Crippen LogP contribution is -2.15. The summed E-state index contributed by atoms with van der Waals surface area (Å²) >= 11 is 1.48. The zero-order valence-electron chi connectivity index (χ0n) is 15.9. The first kappa shape index (κ1) is 20.9. The first-order valence-electron chi connectivity index (χ1n) is 8.63. The molecule has 3 aromatic rings. The second kappa shape index (κ2) is 9.62. The zero-order chi connectivity index (χ0) is 19.3. The molecule has 0 radical (unpaired) electrons. The largest absolute Gasteiger partial charge is 0.493 e. The highest BCUT2D eigenvalue weighted by atomic mass is 79.9. The molecule has 9 heteroatoms. The molecule has 1 aliphatic heterocycles. The summed E-state index contributed by atoms with van der Waals surface area (Å²) in [4.78, 5) is 4.57. The summed E-state index contributed by atoms with van der Waals surface area (Å²) in [5.74, 6) is 2.85. The Labute approximate surface area is 183 Å². The molecule has 0 spiro atoms. The molecular weight excluding hydrogens is 458 g/mol. The number of anilines is 1. The predicted octanol–water partition coefficient (Wildman–Crippen LogP) is 4.62. The van der Waals surface area contributed by atoms with Crippen molar-refractivity contribution in [3.05, 3.63) is 47.3 Å². The van der Waals surface area contributed by atoms with Gasteiger partial charge in [-0.1, -0.05) is 0 Å². The molecule has 0 saturated carbocycles. The van der Waals surface area contributed by atoms with Crippen molar-refractivity contribution in [2.24, 2.45) is 5.10 Å². The minimum absolute atomic E-state index is 0. The summed E-state index contributed by atoms with van der Waals surface area (Å²) in [5.41, 5.74) is 5.67. The minimum atomic E-state index is 0. The molecule has 0 amide bonds. The topological polar surface area (TPSA) is 74.2 Å². The molecule has 152 valence electrons. The van der Waals surface area contributed by atoms with Crippen LogP contribution in [0.3, 0.4) is 0 Å². The molecule has 0 aliphatic carbocycles. The van der Waals surface area contributed by atoms with E-state index >= 15 is 0 Å². The van der Waals surface area contributed by atoms with Gasteiger partial charge < -0.3 is 18.9 Å². The molecule has 0 saturated heterocycles. The van der Waals surface area contributed by atoms with Crippen LogP contribution in [0, 0.1) is 0 Å². The number of halogens is 1. The number of hydrazone groups is 1. The number of nitrogens with one attached hydrogen (secondary N) is 1. The third-order valence-electron chi connectivity index (χ3n) is 4.12. The minimum Gasteiger partial charge on any atom is -0.493 e. The van der Waals surface area contributed by atoms with E-state index < -0.39 is 0 Å². The number of nitrogens with zero attached hydrogens (tertiary/aromatic N) is 2. The van der Waals surface area contributed by atoms with Gasteiger partial charge in [0.2, 0.25) is 5.13 Å². The summed E-state index contributed by atoms with van der Waals surface area (Å²) in [7, 11) is 3.21. The van der Waals surface area contributed by atoms with Crippen molar-refractivity contribution in [1.82, 2.24) is 4.98 Å². The van der Waals surface area contributed by atoms with Gasteiger partial charge in [-0.05, 0) is 42.0 Å². The van der Waals surface area contributed by atoms with E-state index in [4.69, 9.17) is 18.9 Å². The maximum atomic E-state index is 5.63. The van der Waals surface area contributed by atoms with Crippen molar-refractivity contribution in [1.29, 1.82) is 0 Å². The number of thiazole rings is 1. The van der Waals surface area contributed by atoms with Gasteiger partial charge in [0.15, 0.2) is 23.0 Å². The number of methoxy groups -OCH3 is 2. The maximum Gasteiger partial charge on any atom is 0.203 e. The molecular formula is C20H20BrN3O4S. The van der Waals surface area contributed by atoms with Gasteiger partial charge in [-0.2, -0.15) is 5.10 Å². The van der Waals surface area contributed by atoms with Gasteiger partial charge in [-0.25, -0.2) is 4.98 Å². The van der Waals surface area contributed by atoms with Crippen molar-refractivity contribution < 1.29 is 18.9 Å². The Morgan fingerprint density at radius 2 is 1.83 bits per heavy atom. The highest BCUT2D eigenvalue weighted by Crippen LogP contribution is 2.35. The van der Waals surface area contributed by atoms with E-state index in [-0.39, 0.29) is 17.0 Å². The van der Waals surface area contributed by atoms with E-state index in [1.807, 2.05) is 41.8 Å². The second-order valence-electron chi connectivity index (χ2n) is 5.88. The Bertz CT molecular complexity index is 1010. The fraction of sp³-hybridized carbons (Fsp3) is 0.200. The highest BCUT2D eigenvalue weighted by molar-refractivity contribution is 8.93. The standard InChI is InChI=1S/C20H19N3O4S.BrH/c1-24-16-5-3-13(9-18(16)25-2)11-21-23-20-22-15(12-28-20)14-4-6-17-19(10-14)27-8-7-26-17;/h3-6,9-12H,7-8H2,1-2H3,(H,22,23);1H/b21-11+;. The molecule has 1 N–H and O–H groups in total. The molecule has 4 rings (SSSR count). The van der Waals surface area contributed by atoms with Crippen LogP contribution in [0.15, 0.2) is 46.9 Å². The van der Waals surface area contributed by atoms with Crippen molar-refractivity contribution in [2.75, 3.05) is 32.9 Å². The van der Waals surface area contributed by atoms with Crippen molar-refractivity contribution in [2.45, 2.75) is 0 Å². The normalized spacial score (nSPS) is 12.3. The van der Waals surface area contributed by atoms with Gasteiger partial charge in [0, 0.05) is 10.9 Å². The lowest BCUT2D eigenvalue weighted by molar-refractivity contribution is 0.171. The van der Waals surface area contributed by atoms with Gasteiger partial charge in [0.1, 0.15) is 13.2 Å². The third-order valence-corrected chi connectivity index (χ3v) is 4.87. The van der Waals surface area contributed by atoms with Crippen LogP contribution in [0.2, 0.25) is 0 Å². The van der Waals surface area contributed by atoms with Crippen LogP contribution < -0.4 is 24.4 Å². The number of fused-ring (bicyclic) bond motifs is 1. The first-order valence-corrected chi connectivity index (χ1v) is 9.51. The van der Waals surface area contributed by atoms with Gasteiger partial charge >= 0.3 is 0 Å². The zero-order valence-corrected chi connectivity index (χ0v) is 18.4. The van der Waals surface area contributed by atoms with E-state index in [0.717, 1.165) is 28.3 Å². The Kier molecular flexibility index (Phi) is 6.95. The second-order valence-corrected chi connectivity index (χ2v) is 6.74. The molecule has 1 aromatic heterocycles. The fourth-order valence-corrected chi connectivity index (χ4v) is 3.42. The number of benzene rings is 2. The number of hydrogen-bond donors (Lipinski definition) is 1. The van der Waals surface area contributed by atoms with Gasteiger partial charge in [0.05, 0.1) is 26.1 Å². The Morgan fingerprint density at radius 1 is 1.03 bits per heavy atom. The van der Waals surface area contributed by atoms with Crippen LogP contribution in [0.5, 0.6) is 23.0 Å². The van der Waals surface area contributed by atoms with E-state index in [1.54, 1.807) is 20.4 Å². The quantitative estimate of drug-likeness (QED) is 0.412. The van der Waals surface area contributed by atoms with Crippen molar-refractivity contribution in [3.8, 4) is 34.3 Å². The van der Waals surface area contributed by atoms with Gasteiger partial charge in [-0.15, -0.1) is 28.3 Å². The van der Waals surface area contributed by atoms with Crippen LogP contribution >= 0.6 is 28.3 Å². The maximum absolute atomic E-state index is 5.63. The average molecular weight is 478 g/mol. The van der Waals surface area contributed by atoms with Crippen LogP contribution in [-0.4, -0.2) is 38.6 Å². The average Bonchev–Trinajstić information content (AvgIpc) is 3.22. The van der Waals surface area contributed by atoms with Crippen LogP contribution in [0.1, 0.15) is 5.56 Å². The Balaban J connectivity index is 0.00000240. The number of hydrogen-bond acceptors (Lipinski definition) is 8. The molecule has 0 unspecified atom stereocenters. The number of rotatable bonds is 6. The van der Waals surface area contributed by atoms with Crippen LogP contribution in [0.25, 0.3) is 11.3 Å². The predicted molar refractivity (Wildman–Crippen MR) is 120 cm³/mol. The Hall–Kier alpha value is -2.78. The lowest BCUT2D eigenvalue weighted by Gasteiger charge is -2.18. The summed E-state index contributed by atoms with van der Waals surface area (Å²) in [5, 5.41) is 6.92. The van der Waals surface area contributed by atoms with Gasteiger partial charge in [-0.3, -0.25) is 5.43 Å². The molecule has 0 atom stereocenters. The van der Waals surface area contributed by atoms with Crippen molar-refractivity contribution in [3.63, 3.8) is 0 Å². The summed E-state index contributed by atoms with van der Waals surface area (Å²) in [6.45, 7) is 1.14. The molecule has 7 nitrogen and oxygen atoms in total. The SMILES string of the molecule is Br.COc1ccc(/C=N/Nc2nc(-c3ccc4c(c3)OCCO4)cs2)cc1OC. The monoisotopic (exact) mass is 477 g/mol. The molecule has 0 fully saturated rings. The summed E-state index contributed by atoms with van der Waals surface area (Å²) in [6.07, 6.45) is 1.70. The molecule has 2 aromatic carbocycles. The lowest BCUT2D eigenvalue weighted by atomic mass is 10.1. The molecule has 0 bridgehead atoms. The van der Waals surface area contributed by atoms with Crippen molar-refractivity contribution >= 4 is 39.7 Å². The number of aromatic nitrogens is 1. The van der Waals surface area contributed by atoms with E-state index in [0.29, 0.717) is 29.8 Å². The smallest absolute Gasteiger partial charge is 0.203 e. The number of ether oxygens (including phenoxy) is 4.